The second-order valence-corrected chi connectivity index (χ2v) is 5.25. The predicted molar refractivity (Wildman–Crippen MR) is 80.3 cm³/mol. The molecule has 2 N–H and O–H groups in total. The van der Waals surface area contributed by atoms with Gasteiger partial charge in [0.05, 0.1) is 6.04 Å². The average Bonchev–Trinajstić information content (AvgIpc) is 2.52. The van der Waals surface area contributed by atoms with Crippen molar-refractivity contribution in [3.63, 3.8) is 0 Å². The quantitative estimate of drug-likeness (QED) is 0.809. The molecule has 1 aromatic rings. The van der Waals surface area contributed by atoms with E-state index in [9.17, 15) is 4.79 Å². The lowest BCUT2D eigenvalue weighted by Gasteiger charge is -2.21. The zero-order chi connectivity index (χ0) is 14.2. The third-order valence-electron chi connectivity index (χ3n) is 3.75. The van der Waals surface area contributed by atoms with Crippen molar-refractivity contribution in [2.75, 3.05) is 6.54 Å². The van der Waals surface area contributed by atoms with Crippen LogP contribution in [0, 0.1) is 5.92 Å². The van der Waals surface area contributed by atoms with Crippen molar-refractivity contribution in [3.05, 3.63) is 42.2 Å². The Morgan fingerprint density at radius 2 is 2.20 bits per heavy atom. The Kier molecular flexibility index (Phi) is 5.59. The third-order valence-corrected chi connectivity index (χ3v) is 3.75. The van der Waals surface area contributed by atoms with Gasteiger partial charge in [0.2, 0.25) is 0 Å². The van der Waals surface area contributed by atoms with Gasteiger partial charge in [-0.1, -0.05) is 19.1 Å². The summed E-state index contributed by atoms with van der Waals surface area (Å²) in [6.45, 7) is 2.82. The van der Waals surface area contributed by atoms with Gasteiger partial charge < -0.3 is 10.6 Å². The lowest BCUT2D eigenvalue weighted by molar-refractivity contribution is 0.234. The van der Waals surface area contributed by atoms with Crippen LogP contribution in [0.1, 0.15) is 44.2 Å². The summed E-state index contributed by atoms with van der Waals surface area (Å²) in [5, 5.41) is 6.01. The van der Waals surface area contributed by atoms with Gasteiger partial charge in [-0.2, -0.15) is 0 Å². The van der Waals surface area contributed by atoms with Crippen LogP contribution in [0.2, 0.25) is 0 Å². The van der Waals surface area contributed by atoms with Gasteiger partial charge in [0.25, 0.3) is 0 Å². The molecule has 0 spiro atoms. The molecule has 0 saturated heterocycles. The second-order valence-electron chi connectivity index (χ2n) is 5.25. The van der Waals surface area contributed by atoms with Gasteiger partial charge in [-0.25, -0.2) is 4.79 Å². The van der Waals surface area contributed by atoms with Crippen LogP contribution >= 0.6 is 0 Å². The fourth-order valence-corrected chi connectivity index (χ4v) is 2.50. The minimum absolute atomic E-state index is 0.0456. The number of carbonyl (C=O) groups excluding carboxylic acids is 1. The standard InChI is InChI=1S/C16H23N3O/c1-2-15(14-8-10-17-11-9-14)19-16(20)18-12-13-6-4-3-5-7-13/h3-4,8-11,13,15H,2,5-7,12H2,1H3,(H2,18,19,20)/t13-,15+/m1/s1. The molecule has 20 heavy (non-hydrogen) atoms. The first-order chi connectivity index (χ1) is 9.79. The van der Waals surface area contributed by atoms with Crippen LogP contribution < -0.4 is 10.6 Å². The van der Waals surface area contributed by atoms with E-state index in [0.717, 1.165) is 31.4 Å². The maximum atomic E-state index is 12.0. The van der Waals surface area contributed by atoms with E-state index in [2.05, 4.69) is 34.7 Å². The maximum absolute atomic E-state index is 12.0. The Bertz CT molecular complexity index is 444. The summed E-state index contributed by atoms with van der Waals surface area (Å²) in [5.74, 6) is 0.576. The molecule has 4 nitrogen and oxygen atoms in total. The largest absolute Gasteiger partial charge is 0.338 e. The van der Waals surface area contributed by atoms with Crippen LogP contribution in [-0.2, 0) is 0 Å². The first-order valence-electron chi connectivity index (χ1n) is 7.39. The molecule has 2 atom stereocenters. The zero-order valence-corrected chi connectivity index (χ0v) is 12.0. The van der Waals surface area contributed by atoms with E-state index in [1.165, 1.54) is 6.42 Å². The highest BCUT2D eigenvalue weighted by Gasteiger charge is 2.14. The smallest absolute Gasteiger partial charge is 0.315 e. The van der Waals surface area contributed by atoms with E-state index in [1.54, 1.807) is 12.4 Å². The SMILES string of the molecule is CC[C@H](NC(=O)NC[C@@H]1CC=CCC1)c1ccncc1. The van der Waals surface area contributed by atoms with E-state index >= 15 is 0 Å². The molecule has 0 saturated carbocycles. The number of rotatable bonds is 5. The monoisotopic (exact) mass is 273 g/mol. The summed E-state index contributed by atoms with van der Waals surface area (Å²) in [4.78, 5) is 16.0. The molecule has 0 unspecified atom stereocenters. The van der Waals surface area contributed by atoms with Gasteiger partial charge in [0.15, 0.2) is 0 Å². The molecule has 1 aliphatic rings. The lowest BCUT2D eigenvalue weighted by atomic mass is 9.94. The lowest BCUT2D eigenvalue weighted by Crippen LogP contribution is -2.40. The first-order valence-corrected chi connectivity index (χ1v) is 7.39. The normalized spacial score (nSPS) is 19.4. The molecule has 0 bridgehead atoms. The van der Waals surface area contributed by atoms with Gasteiger partial charge >= 0.3 is 6.03 Å². The van der Waals surface area contributed by atoms with Gasteiger partial charge in [0, 0.05) is 18.9 Å². The molecule has 0 radical (unpaired) electrons. The van der Waals surface area contributed by atoms with E-state index in [4.69, 9.17) is 0 Å². The van der Waals surface area contributed by atoms with Crippen molar-refractivity contribution in [2.24, 2.45) is 5.92 Å². The summed E-state index contributed by atoms with van der Waals surface area (Å²) < 4.78 is 0. The van der Waals surface area contributed by atoms with Crippen LogP contribution in [0.5, 0.6) is 0 Å². The number of aromatic nitrogens is 1. The number of pyridine rings is 1. The minimum Gasteiger partial charge on any atom is -0.338 e. The molecule has 2 rings (SSSR count). The Labute approximate surface area is 120 Å². The maximum Gasteiger partial charge on any atom is 0.315 e. The molecule has 0 aliphatic heterocycles. The highest BCUT2D eigenvalue weighted by molar-refractivity contribution is 5.74. The van der Waals surface area contributed by atoms with Crippen LogP contribution in [0.3, 0.4) is 0 Å². The third kappa shape index (κ3) is 4.37. The summed E-state index contributed by atoms with van der Waals surface area (Å²) in [5.41, 5.74) is 1.10. The molecule has 1 aromatic heterocycles. The predicted octanol–water partition coefficient (Wildman–Crippen LogP) is 3.19. The highest BCUT2D eigenvalue weighted by Crippen LogP contribution is 2.17. The van der Waals surface area contributed by atoms with Gasteiger partial charge in [-0.3, -0.25) is 4.98 Å². The number of amides is 2. The van der Waals surface area contributed by atoms with Gasteiger partial charge in [0.1, 0.15) is 0 Å². The number of hydrogen-bond donors (Lipinski definition) is 2. The Morgan fingerprint density at radius 3 is 2.85 bits per heavy atom. The molecule has 1 aliphatic carbocycles. The van der Waals surface area contributed by atoms with Crippen LogP contribution in [0.4, 0.5) is 4.79 Å². The molecular formula is C16H23N3O. The fraction of sp³-hybridized carbons (Fsp3) is 0.500. The van der Waals surface area contributed by atoms with Crippen LogP contribution in [0.25, 0.3) is 0 Å². The zero-order valence-electron chi connectivity index (χ0n) is 12.0. The van der Waals surface area contributed by atoms with Crippen molar-refractivity contribution in [1.29, 1.82) is 0 Å². The number of allylic oxidation sites excluding steroid dienone is 2. The number of hydrogen-bond acceptors (Lipinski definition) is 2. The molecule has 0 fully saturated rings. The molecule has 4 heteroatoms. The fourth-order valence-electron chi connectivity index (χ4n) is 2.50. The average molecular weight is 273 g/mol. The summed E-state index contributed by atoms with van der Waals surface area (Å²) in [6, 6.07) is 3.85. The van der Waals surface area contributed by atoms with E-state index < -0.39 is 0 Å². The topological polar surface area (TPSA) is 54.0 Å². The number of nitrogens with zero attached hydrogens (tertiary/aromatic N) is 1. The van der Waals surface area contributed by atoms with Crippen LogP contribution in [0.15, 0.2) is 36.7 Å². The molecule has 0 aromatic carbocycles. The van der Waals surface area contributed by atoms with Crippen molar-refractivity contribution >= 4 is 6.03 Å². The van der Waals surface area contributed by atoms with Crippen molar-refractivity contribution in [2.45, 2.75) is 38.6 Å². The molecular weight excluding hydrogens is 250 g/mol. The Hall–Kier alpha value is -1.84. The van der Waals surface area contributed by atoms with E-state index in [-0.39, 0.29) is 12.1 Å². The van der Waals surface area contributed by atoms with Crippen molar-refractivity contribution in [1.82, 2.24) is 15.6 Å². The van der Waals surface area contributed by atoms with Crippen molar-refractivity contribution in [3.8, 4) is 0 Å². The van der Waals surface area contributed by atoms with Crippen LogP contribution in [-0.4, -0.2) is 17.6 Å². The minimum atomic E-state index is -0.0804. The first kappa shape index (κ1) is 14.6. The Morgan fingerprint density at radius 1 is 1.40 bits per heavy atom. The molecule has 1 heterocycles. The second kappa shape index (κ2) is 7.68. The van der Waals surface area contributed by atoms with Crippen molar-refractivity contribution < 1.29 is 4.79 Å². The van der Waals surface area contributed by atoms with Gasteiger partial charge in [-0.15, -0.1) is 0 Å². The number of nitrogens with one attached hydrogen (secondary N) is 2. The van der Waals surface area contributed by atoms with Gasteiger partial charge in [-0.05, 0) is 49.3 Å². The number of carbonyl (C=O) groups is 1. The Balaban J connectivity index is 1.79. The summed E-state index contributed by atoms with van der Waals surface area (Å²) in [7, 11) is 0. The molecule has 108 valence electrons. The molecule has 2 amide bonds. The summed E-state index contributed by atoms with van der Waals surface area (Å²) in [6.07, 6.45) is 12.2. The number of urea groups is 1. The highest BCUT2D eigenvalue weighted by atomic mass is 16.2. The van der Waals surface area contributed by atoms with E-state index in [1.807, 2.05) is 12.1 Å². The van der Waals surface area contributed by atoms with E-state index in [0.29, 0.717) is 5.92 Å². The summed E-state index contributed by atoms with van der Waals surface area (Å²) >= 11 is 0.